The van der Waals surface area contributed by atoms with Crippen molar-refractivity contribution >= 4 is 5.91 Å². The topological polar surface area (TPSA) is 50.4 Å². The smallest absolute Gasteiger partial charge is 0.225 e. The molecule has 1 aliphatic carbocycles. The van der Waals surface area contributed by atoms with E-state index in [1.54, 1.807) is 0 Å². The fourth-order valence-electron chi connectivity index (χ4n) is 3.11. The third-order valence-electron chi connectivity index (χ3n) is 4.40. The van der Waals surface area contributed by atoms with E-state index < -0.39 is 0 Å². The first-order valence-electron chi connectivity index (χ1n) is 6.88. The zero-order valence-electron chi connectivity index (χ0n) is 10.4. The summed E-state index contributed by atoms with van der Waals surface area (Å²) in [6.07, 6.45) is 3.83. The standard InChI is InChI=1S/C13H22N2O2/c1-8-6-14-7-10(8)13(16)15-11-4-5-17-12(11)9-2-3-9/h8-12,14H,2-7H2,1H3,(H,15,16)/t8-,10-,11?,12?/m1/s1. The van der Waals surface area contributed by atoms with Crippen LogP contribution < -0.4 is 10.6 Å². The highest BCUT2D eigenvalue weighted by Gasteiger charge is 2.42. The van der Waals surface area contributed by atoms with Crippen molar-refractivity contribution in [2.24, 2.45) is 17.8 Å². The van der Waals surface area contributed by atoms with Gasteiger partial charge in [-0.15, -0.1) is 0 Å². The van der Waals surface area contributed by atoms with Gasteiger partial charge in [0.2, 0.25) is 5.91 Å². The van der Waals surface area contributed by atoms with E-state index in [2.05, 4.69) is 17.6 Å². The molecule has 2 unspecified atom stereocenters. The van der Waals surface area contributed by atoms with Gasteiger partial charge in [-0.3, -0.25) is 4.79 Å². The van der Waals surface area contributed by atoms with E-state index in [9.17, 15) is 4.79 Å². The van der Waals surface area contributed by atoms with Crippen LogP contribution in [-0.2, 0) is 9.53 Å². The number of ether oxygens (including phenoxy) is 1. The molecule has 0 radical (unpaired) electrons. The van der Waals surface area contributed by atoms with Crippen LogP contribution in [0.1, 0.15) is 26.2 Å². The summed E-state index contributed by atoms with van der Waals surface area (Å²) < 4.78 is 5.75. The molecule has 3 fully saturated rings. The minimum absolute atomic E-state index is 0.149. The van der Waals surface area contributed by atoms with Crippen molar-refractivity contribution in [2.45, 2.75) is 38.3 Å². The fourth-order valence-corrected chi connectivity index (χ4v) is 3.11. The number of hydrogen-bond acceptors (Lipinski definition) is 3. The highest BCUT2D eigenvalue weighted by Crippen LogP contribution is 2.38. The van der Waals surface area contributed by atoms with E-state index in [1.165, 1.54) is 12.8 Å². The van der Waals surface area contributed by atoms with Crippen molar-refractivity contribution in [3.63, 3.8) is 0 Å². The molecule has 0 aromatic heterocycles. The van der Waals surface area contributed by atoms with E-state index in [1.807, 2.05) is 0 Å². The van der Waals surface area contributed by atoms with Gasteiger partial charge >= 0.3 is 0 Å². The normalized spacial score (nSPS) is 41.7. The Morgan fingerprint density at radius 1 is 1.29 bits per heavy atom. The fraction of sp³-hybridized carbons (Fsp3) is 0.923. The number of nitrogens with one attached hydrogen (secondary N) is 2. The van der Waals surface area contributed by atoms with Crippen molar-refractivity contribution in [1.82, 2.24) is 10.6 Å². The predicted molar refractivity (Wildman–Crippen MR) is 64.5 cm³/mol. The van der Waals surface area contributed by atoms with Gasteiger partial charge in [-0.2, -0.15) is 0 Å². The van der Waals surface area contributed by atoms with Crippen molar-refractivity contribution in [3.8, 4) is 0 Å². The van der Waals surface area contributed by atoms with Crippen LogP contribution in [0.15, 0.2) is 0 Å². The van der Waals surface area contributed by atoms with E-state index in [0.29, 0.717) is 17.9 Å². The number of carbonyl (C=O) groups excluding carboxylic acids is 1. The third-order valence-corrected chi connectivity index (χ3v) is 4.40. The summed E-state index contributed by atoms with van der Waals surface area (Å²) in [6, 6.07) is 0.266. The molecular formula is C13H22N2O2. The van der Waals surface area contributed by atoms with Crippen LogP contribution >= 0.6 is 0 Å². The van der Waals surface area contributed by atoms with Gasteiger partial charge in [-0.25, -0.2) is 0 Å². The van der Waals surface area contributed by atoms with E-state index in [-0.39, 0.29) is 17.9 Å². The molecule has 2 aliphatic heterocycles. The molecule has 0 aromatic carbocycles. The molecule has 4 atom stereocenters. The lowest BCUT2D eigenvalue weighted by Gasteiger charge is -2.22. The SMILES string of the molecule is C[C@@H]1CNC[C@H]1C(=O)NC1CCOC1C1CC1. The van der Waals surface area contributed by atoms with Crippen molar-refractivity contribution in [1.29, 1.82) is 0 Å². The Labute approximate surface area is 102 Å². The molecule has 2 saturated heterocycles. The van der Waals surface area contributed by atoms with Gasteiger partial charge in [0, 0.05) is 13.2 Å². The van der Waals surface area contributed by atoms with Gasteiger partial charge < -0.3 is 15.4 Å². The van der Waals surface area contributed by atoms with Gasteiger partial charge in [0.05, 0.1) is 18.1 Å². The Hall–Kier alpha value is -0.610. The molecule has 0 bridgehead atoms. The molecule has 3 rings (SSSR count). The predicted octanol–water partition coefficient (Wildman–Crippen LogP) is 0.526. The minimum Gasteiger partial charge on any atom is -0.376 e. The first-order chi connectivity index (χ1) is 8.25. The zero-order valence-corrected chi connectivity index (χ0v) is 10.4. The van der Waals surface area contributed by atoms with Gasteiger partial charge in [-0.05, 0) is 37.6 Å². The lowest BCUT2D eigenvalue weighted by molar-refractivity contribution is -0.126. The average Bonchev–Trinajstić information content (AvgIpc) is 2.89. The monoisotopic (exact) mass is 238 g/mol. The molecule has 4 heteroatoms. The summed E-state index contributed by atoms with van der Waals surface area (Å²) in [7, 11) is 0. The summed E-state index contributed by atoms with van der Waals surface area (Å²) in [5, 5.41) is 6.50. The first kappa shape index (κ1) is 11.5. The summed E-state index contributed by atoms with van der Waals surface area (Å²) in [5.41, 5.74) is 0. The van der Waals surface area contributed by atoms with E-state index in [4.69, 9.17) is 4.74 Å². The second kappa shape index (κ2) is 4.58. The van der Waals surface area contributed by atoms with Crippen LogP contribution in [0.25, 0.3) is 0 Å². The molecule has 2 N–H and O–H groups in total. The van der Waals surface area contributed by atoms with Crippen molar-refractivity contribution in [3.05, 3.63) is 0 Å². The van der Waals surface area contributed by atoms with E-state index in [0.717, 1.165) is 26.1 Å². The van der Waals surface area contributed by atoms with Crippen LogP contribution in [0.2, 0.25) is 0 Å². The second-order valence-corrected chi connectivity index (χ2v) is 5.82. The number of carbonyl (C=O) groups is 1. The second-order valence-electron chi connectivity index (χ2n) is 5.82. The van der Waals surface area contributed by atoms with Gasteiger partial charge in [0.25, 0.3) is 0 Å². The van der Waals surface area contributed by atoms with Crippen LogP contribution in [0.3, 0.4) is 0 Å². The Bertz CT molecular complexity index is 304. The van der Waals surface area contributed by atoms with E-state index >= 15 is 0 Å². The van der Waals surface area contributed by atoms with Crippen molar-refractivity contribution in [2.75, 3.05) is 19.7 Å². The van der Waals surface area contributed by atoms with Crippen LogP contribution in [0.4, 0.5) is 0 Å². The van der Waals surface area contributed by atoms with Crippen molar-refractivity contribution < 1.29 is 9.53 Å². The minimum atomic E-state index is 0.149. The molecule has 1 saturated carbocycles. The van der Waals surface area contributed by atoms with Gasteiger partial charge in [0.15, 0.2) is 0 Å². The van der Waals surface area contributed by atoms with Gasteiger partial charge in [0.1, 0.15) is 0 Å². The summed E-state index contributed by atoms with van der Waals surface area (Å²) in [6.45, 7) is 4.75. The molecule has 1 amide bonds. The Kier molecular flexibility index (Phi) is 3.09. The zero-order chi connectivity index (χ0) is 11.8. The van der Waals surface area contributed by atoms with Gasteiger partial charge in [-0.1, -0.05) is 6.92 Å². The van der Waals surface area contributed by atoms with Crippen LogP contribution in [0.5, 0.6) is 0 Å². The molecule has 96 valence electrons. The lowest BCUT2D eigenvalue weighted by atomic mass is 9.96. The Morgan fingerprint density at radius 2 is 2.12 bits per heavy atom. The maximum atomic E-state index is 12.2. The maximum absolute atomic E-state index is 12.2. The highest BCUT2D eigenvalue weighted by molar-refractivity contribution is 5.80. The molecule has 0 spiro atoms. The highest BCUT2D eigenvalue weighted by atomic mass is 16.5. The molecule has 2 heterocycles. The Morgan fingerprint density at radius 3 is 2.76 bits per heavy atom. The maximum Gasteiger partial charge on any atom is 0.225 e. The number of hydrogen-bond donors (Lipinski definition) is 2. The first-order valence-corrected chi connectivity index (χ1v) is 6.88. The van der Waals surface area contributed by atoms with Crippen LogP contribution in [0, 0.1) is 17.8 Å². The third kappa shape index (κ3) is 2.33. The largest absolute Gasteiger partial charge is 0.376 e. The Balaban J connectivity index is 1.56. The molecule has 0 aromatic rings. The summed E-state index contributed by atoms with van der Waals surface area (Å²) in [4.78, 5) is 12.2. The molecule has 17 heavy (non-hydrogen) atoms. The molecule has 4 nitrogen and oxygen atoms in total. The molecular weight excluding hydrogens is 216 g/mol. The molecule has 3 aliphatic rings. The number of rotatable bonds is 3. The van der Waals surface area contributed by atoms with Crippen LogP contribution in [-0.4, -0.2) is 37.7 Å². The summed E-state index contributed by atoms with van der Waals surface area (Å²) in [5.74, 6) is 1.54. The lowest BCUT2D eigenvalue weighted by Crippen LogP contribution is -2.45. The number of amides is 1. The summed E-state index contributed by atoms with van der Waals surface area (Å²) >= 11 is 0. The average molecular weight is 238 g/mol. The quantitative estimate of drug-likeness (QED) is 0.754.